The zero-order chi connectivity index (χ0) is 16.4. The van der Waals surface area contributed by atoms with Crippen LogP contribution in [0.15, 0.2) is 30.3 Å². The molecule has 3 rings (SSSR count). The first-order chi connectivity index (χ1) is 11.0. The van der Waals surface area contributed by atoms with Gasteiger partial charge in [0.25, 0.3) is 0 Å². The van der Waals surface area contributed by atoms with Gasteiger partial charge in [-0.05, 0) is 39.3 Å². The van der Waals surface area contributed by atoms with E-state index in [4.69, 9.17) is 4.98 Å². The van der Waals surface area contributed by atoms with Crippen molar-refractivity contribution >= 4 is 23.7 Å². The predicted octanol–water partition coefficient (Wildman–Crippen LogP) is 4.53. The highest BCUT2D eigenvalue weighted by Gasteiger charge is 2.31. The van der Waals surface area contributed by atoms with Gasteiger partial charge in [-0.3, -0.25) is 4.90 Å². The number of rotatable bonds is 5. The Morgan fingerprint density at radius 3 is 2.67 bits per heavy atom. The second-order valence-electron chi connectivity index (χ2n) is 7.16. The molecule has 1 aromatic carbocycles. The summed E-state index contributed by atoms with van der Waals surface area (Å²) in [7, 11) is 2.25. The number of hydrogen-bond acceptors (Lipinski definition) is 4. The molecule has 5 heteroatoms. The third-order valence-electron chi connectivity index (χ3n) is 4.98. The Hall–Kier alpha value is -0.940. The van der Waals surface area contributed by atoms with Gasteiger partial charge in [-0.2, -0.15) is 0 Å². The lowest BCUT2D eigenvalue weighted by Crippen LogP contribution is -2.36. The van der Waals surface area contributed by atoms with Gasteiger partial charge in [0.1, 0.15) is 5.01 Å². The van der Waals surface area contributed by atoms with Crippen molar-refractivity contribution < 1.29 is 0 Å². The average molecular weight is 366 g/mol. The molecule has 0 bridgehead atoms. The Bertz CT molecular complexity index is 650. The molecular formula is C19H28ClN3S. The largest absolute Gasteiger partial charge is 0.316 e. The van der Waals surface area contributed by atoms with Crippen LogP contribution in [0, 0.1) is 12.3 Å². The van der Waals surface area contributed by atoms with Gasteiger partial charge in [-0.25, -0.2) is 4.98 Å². The molecule has 1 fully saturated rings. The van der Waals surface area contributed by atoms with Crippen molar-refractivity contribution in [1.29, 1.82) is 0 Å². The minimum absolute atomic E-state index is 0. The van der Waals surface area contributed by atoms with Crippen LogP contribution in [0.4, 0.5) is 0 Å². The SMILES string of the molecule is Cc1nc(-c2ccccc2)sc1C(C)N(C)CC1(C)CCNC1.Cl. The van der Waals surface area contributed by atoms with Crippen molar-refractivity contribution in [3.05, 3.63) is 40.9 Å². The number of nitrogens with one attached hydrogen (secondary N) is 1. The van der Waals surface area contributed by atoms with Crippen LogP contribution < -0.4 is 5.32 Å². The fraction of sp³-hybridized carbons (Fsp3) is 0.526. The molecule has 0 saturated carbocycles. The Morgan fingerprint density at radius 1 is 1.33 bits per heavy atom. The maximum atomic E-state index is 4.81. The molecule has 2 heterocycles. The Kier molecular flexibility index (Phi) is 6.43. The summed E-state index contributed by atoms with van der Waals surface area (Å²) in [6, 6.07) is 10.9. The van der Waals surface area contributed by atoms with Gasteiger partial charge < -0.3 is 5.32 Å². The van der Waals surface area contributed by atoms with E-state index in [9.17, 15) is 0 Å². The van der Waals surface area contributed by atoms with Crippen LogP contribution >= 0.6 is 23.7 Å². The van der Waals surface area contributed by atoms with E-state index in [1.807, 2.05) is 11.3 Å². The van der Waals surface area contributed by atoms with Crippen molar-refractivity contribution in [3.63, 3.8) is 0 Å². The van der Waals surface area contributed by atoms with Crippen LogP contribution in [0.2, 0.25) is 0 Å². The molecular weight excluding hydrogens is 338 g/mol. The number of benzene rings is 1. The Morgan fingerprint density at radius 2 is 2.04 bits per heavy atom. The summed E-state index contributed by atoms with van der Waals surface area (Å²) < 4.78 is 0. The minimum Gasteiger partial charge on any atom is -0.316 e. The molecule has 0 radical (unpaired) electrons. The highest BCUT2D eigenvalue weighted by Crippen LogP contribution is 2.35. The number of aromatic nitrogens is 1. The summed E-state index contributed by atoms with van der Waals surface area (Å²) in [4.78, 5) is 8.69. The summed E-state index contributed by atoms with van der Waals surface area (Å²) >= 11 is 1.84. The molecule has 3 nitrogen and oxygen atoms in total. The fourth-order valence-electron chi connectivity index (χ4n) is 3.44. The van der Waals surface area contributed by atoms with Crippen LogP contribution in [0.25, 0.3) is 10.6 Å². The third kappa shape index (κ3) is 4.17. The van der Waals surface area contributed by atoms with Gasteiger partial charge >= 0.3 is 0 Å². The van der Waals surface area contributed by atoms with Gasteiger partial charge in [0.05, 0.1) is 5.69 Å². The smallest absolute Gasteiger partial charge is 0.123 e. The second-order valence-corrected chi connectivity index (χ2v) is 8.19. The molecule has 0 amide bonds. The van der Waals surface area contributed by atoms with Crippen LogP contribution in [-0.2, 0) is 0 Å². The van der Waals surface area contributed by atoms with E-state index in [0.717, 1.165) is 24.6 Å². The number of halogens is 1. The standard InChI is InChI=1S/C19H27N3S.ClH/c1-14-17(23-18(21-14)16-8-6-5-7-9-16)15(2)22(4)13-19(3)10-11-20-12-19;/h5-9,15,20H,10-13H2,1-4H3;1H. The zero-order valence-corrected chi connectivity index (χ0v) is 16.6. The van der Waals surface area contributed by atoms with Gasteiger partial charge in [-0.1, -0.05) is 37.3 Å². The molecule has 0 aliphatic carbocycles. The Balaban J connectivity index is 0.00000208. The summed E-state index contributed by atoms with van der Waals surface area (Å²) in [6.45, 7) is 10.2. The maximum Gasteiger partial charge on any atom is 0.123 e. The topological polar surface area (TPSA) is 28.2 Å². The predicted molar refractivity (Wildman–Crippen MR) is 106 cm³/mol. The van der Waals surface area contributed by atoms with Gasteiger partial charge in [-0.15, -0.1) is 23.7 Å². The van der Waals surface area contributed by atoms with Crippen molar-refractivity contribution in [2.75, 3.05) is 26.7 Å². The number of aryl methyl sites for hydroxylation is 1. The summed E-state index contributed by atoms with van der Waals surface area (Å²) in [6.07, 6.45) is 1.26. The molecule has 1 N–H and O–H groups in total. The van der Waals surface area contributed by atoms with E-state index >= 15 is 0 Å². The fourth-order valence-corrected chi connectivity index (χ4v) is 4.63. The molecule has 2 atom stereocenters. The first kappa shape index (κ1) is 19.4. The van der Waals surface area contributed by atoms with Gasteiger partial charge in [0, 0.05) is 29.6 Å². The number of thiazole rings is 1. The normalized spacial score (nSPS) is 21.7. The Labute approximate surface area is 155 Å². The highest BCUT2D eigenvalue weighted by molar-refractivity contribution is 7.15. The molecule has 2 aromatic rings. The molecule has 24 heavy (non-hydrogen) atoms. The first-order valence-corrected chi connectivity index (χ1v) is 9.24. The molecule has 2 unspecified atom stereocenters. The maximum absolute atomic E-state index is 4.81. The van der Waals surface area contributed by atoms with E-state index in [0.29, 0.717) is 11.5 Å². The first-order valence-electron chi connectivity index (χ1n) is 8.42. The van der Waals surface area contributed by atoms with Crippen molar-refractivity contribution in [3.8, 4) is 10.6 Å². The number of hydrogen-bond donors (Lipinski definition) is 1. The zero-order valence-electron chi connectivity index (χ0n) is 15.0. The van der Waals surface area contributed by atoms with Crippen LogP contribution in [0.5, 0.6) is 0 Å². The third-order valence-corrected chi connectivity index (χ3v) is 6.36. The molecule has 132 valence electrons. The van der Waals surface area contributed by atoms with Crippen molar-refractivity contribution in [2.24, 2.45) is 5.41 Å². The van der Waals surface area contributed by atoms with E-state index in [1.54, 1.807) is 0 Å². The van der Waals surface area contributed by atoms with Crippen LogP contribution in [0.3, 0.4) is 0 Å². The van der Waals surface area contributed by atoms with Gasteiger partial charge in [0.15, 0.2) is 0 Å². The van der Waals surface area contributed by atoms with E-state index in [-0.39, 0.29) is 12.4 Å². The highest BCUT2D eigenvalue weighted by atomic mass is 35.5. The van der Waals surface area contributed by atoms with Crippen molar-refractivity contribution in [2.45, 2.75) is 33.2 Å². The molecule has 1 aliphatic rings. The van der Waals surface area contributed by atoms with E-state index in [2.05, 4.69) is 68.4 Å². The minimum atomic E-state index is 0. The molecule has 1 saturated heterocycles. The lowest BCUT2D eigenvalue weighted by molar-refractivity contribution is 0.170. The van der Waals surface area contributed by atoms with E-state index < -0.39 is 0 Å². The lowest BCUT2D eigenvalue weighted by atomic mass is 9.89. The van der Waals surface area contributed by atoms with Gasteiger partial charge in [0.2, 0.25) is 0 Å². The molecule has 0 spiro atoms. The monoisotopic (exact) mass is 365 g/mol. The van der Waals surface area contributed by atoms with Crippen LogP contribution in [0.1, 0.15) is 36.9 Å². The molecule has 1 aliphatic heterocycles. The van der Waals surface area contributed by atoms with E-state index in [1.165, 1.54) is 22.6 Å². The van der Waals surface area contributed by atoms with Crippen LogP contribution in [-0.4, -0.2) is 36.6 Å². The second kappa shape index (κ2) is 7.96. The molecule has 1 aromatic heterocycles. The summed E-state index contributed by atoms with van der Waals surface area (Å²) in [5, 5.41) is 4.63. The quantitative estimate of drug-likeness (QED) is 0.843. The number of nitrogens with zero attached hydrogens (tertiary/aromatic N) is 2. The average Bonchev–Trinajstić information content (AvgIpc) is 3.13. The lowest BCUT2D eigenvalue weighted by Gasteiger charge is -2.33. The summed E-state index contributed by atoms with van der Waals surface area (Å²) in [5.74, 6) is 0. The van der Waals surface area contributed by atoms with Crippen molar-refractivity contribution in [1.82, 2.24) is 15.2 Å². The summed E-state index contributed by atoms with van der Waals surface area (Å²) in [5.41, 5.74) is 2.78.